The Morgan fingerprint density at radius 1 is 1.25 bits per heavy atom. The van der Waals surface area contributed by atoms with Crippen molar-refractivity contribution in [3.05, 3.63) is 17.3 Å². The van der Waals surface area contributed by atoms with Gasteiger partial charge in [-0.25, -0.2) is 9.98 Å². The van der Waals surface area contributed by atoms with Gasteiger partial charge in [-0.2, -0.15) is 0 Å². The van der Waals surface area contributed by atoms with Crippen molar-refractivity contribution in [1.29, 1.82) is 0 Å². The maximum atomic E-state index is 5.59. The van der Waals surface area contributed by atoms with Gasteiger partial charge in [0.15, 0.2) is 5.96 Å². The molecule has 1 aliphatic rings. The number of nitrogens with zero attached hydrogens (tertiary/aromatic N) is 3. The molecule has 0 atom stereocenters. The third-order valence-corrected chi connectivity index (χ3v) is 4.35. The van der Waals surface area contributed by atoms with E-state index in [1.807, 2.05) is 13.8 Å². The Balaban J connectivity index is 1.93. The molecule has 7 nitrogen and oxygen atoms in total. The zero-order valence-corrected chi connectivity index (χ0v) is 15.6. The maximum absolute atomic E-state index is 5.59. The molecule has 2 heterocycles. The number of aromatic nitrogens is 1. The van der Waals surface area contributed by atoms with Crippen molar-refractivity contribution in [2.45, 2.75) is 46.7 Å². The van der Waals surface area contributed by atoms with Crippen molar-refractivity contribution < 1.29 is 9.15 Å². The predicted molar refractivity (Wildman–Crippen MR) is 95.3 cm³/mol. The van der Waals surface area contributed by atoms with Crippen molar-refractivity contribution >= 4 is 5.96 Å². The van der Waals surface area contributed by atoms with Crippen LogP contribution in [-0.4, -0.2) is 60.8 Å². The maximum Gasteiger partial charge on any atom is 0.216 e. The quantitative estimate of drug-likeness (QED) is 0.605. The number of aliphatic imine (C=N–C) groups is 1. The topological polar surface area (TPSA) is 74.9 Å². The third kappa shape index (κ3) is 5.21. The monoisotopic (exact) mass is 337 g/mol. The van der Waals surface area contributed by atoms with E-state index < -0.39 is 0 Å². The Bertz CT molecular complexity index is 528. The summed E-state index contributed by atoms with van der Waals surface area (Å²) in [5.41, 5.74) is 0.961. The molecule has 1 fully saturated rings. The summed E-state index contributed by atoms with van der Waals surface area (Å²) in [7, 11) is 0. The molecule has 1 aromatic heterocycles. The minimum absolute atomic E-state index is 0.0378. The summed E-state index contributed by atoms with van der Waals surface area (Å²) in [5, 5.41) is 6.71. The van der Waals surface area contributed by atoms with Gasteiger partial charge in [-0.15, -0.1) is 0 Å². The number of hydrogen-bond donors (Lipinski definition) is 2. The van der Waals surface area contributed by atoms with Crippen molar-refractivity contribution in [1.82, 2.24) is 20.5 Å². The molecular formula is C17H31N5O2. The molecule has 136 valence electrons. The van der Waals surface area contributed by atoms with Crippen LogP contribution in [0.15, 0.2) is 9.41 Å². The molecule has 0 aliphatic carbocycles. The number of aryl methyl sites for hydroxylation is 2. The first-order valence-electron chi connectivity index (χ1n) is 8.70. The van der Waals surface area contributed by atoms with Gasteiger partial charge in [-0.05, 0) is 34.6 Å². The van der Waals surface area contributed by atoms with Crippen LogP contribution in [-0.2, 0) is 11.3 Å². The molecule has 7 heteroatoms. The molecule has 0 aromatic carbocycles. The second-order valence-corrected chi connectivity index (χ2v) is 6.71. The lowest BCUT2D eigenvalue weighted by molar-refractivity contribution is -0.00834. The van der Waals surface area contributed by atoms with Crippen LogP contribution in [0.25, 0.3) is 0 Å². The van der Waals surface area contributed by atoms with Gasteiger partial charge in [0.25, 0.3) is 0 Å². The van der Waals surface area contributed by atoms with E-state index in [1.165, 1.54) is 0 Å². The molecule has 0 saturated carbocycles. The first-order chi connectivity index (χ1) is 11.4. The van der Waals surface area contributed by atoms with Crippen molar-refractivity contribution in [2.75, 3.05) is 39.4 Å². The van der Waals surface area contributed by atoms with Crippen molar-refractivity contribution in [3.8, 4) is 0 Å². The second kappa shape index (κ2) is 8.48. The summed E-state index contributed by atoms with van der Waals surface area (Å²) >= 11 is 0. The molecule has 1 aliphatic heterocycles. The van der Waals surface area contributed by atoms with Crippen LogP contribution in [0.5, 0.6) is 0 Å². The van der Waals surface area contributed by atoms with E-state index in [-0.39, 0.29) is 5.54 Å². The Morgan fingerprint density at radius 3 is 2.54 bits per heavy atom. The minimum atomic E-state index is 0.0378. The molecular weight excluding hydrogens is 306 g/mol. The van der Waals surface area contributed by atoms with Gasteiger partial charge in [-0.1, -0.05) is 0 Å². The first-order valence-corrected chi connectivity index (χ1v) is 8.70. The molecule has 0 spiro atoms. The minimum Gasteiger partial charge on any atom is -0.444 e. The molecule has 0 amide bonds. The molecule has 0 radical (unpaired) electrons. The van der Waals surface area contributed by atoms with Gasteiger partial charge in [0.2, 0.25) is 5.89 Å². The summed E-state index contributed by atoms with van der Waals surface area (Å²) in [6.07, 6.45) is 0. The highest BCUT2D eigenvalue weighted by atomic mass is 16.5. The van der Waals surface area contributed by atoms with E-state index in [0.717, 1.165) is 56.8 Å². The van der Waals surface area contributed by atoms with Gasteiger partial charge < -0.3 is 19.8 Å². The summed E-state index contributed by atoms with van der Waals surface area (Å²) < 4.78 is 11.0. The SMILES string of the molecule is CCNC(=NCc1nc(C)c(C)o1)NCC(C)(C)N1CCOCC1. The average molecular weight is 337 g/mol. The molecule has 2 N–H and O–H groups in total. The Morgan fingerprint density at radius 2 is 1.96 bits per heavy atom. The third-order valence-electron chi connectivity index (χ3n) is 4.35. The fourth-order valence-corrected chi connectivity index (χ4v) is 2.68. The molecule has 0 unspecified atom stereocenters. The van der Waals surface area contributed by atoms with E-state index in [9.17, 15) is 0 Å². The van der Waals surface area contributed by atoms with Gasteiger partial charge in [0.1, 0.15) is 12.3 Å². The fourth-order valence-electron chi connectivity index (χ4n) is 2.68. The van der Waals surface area contributed by atoms with Crippen LogP contribution in [0.1, 0.15) is 38.1 Å². The highest BCUT2D eigenvalue weighted by Gasteiger charge is 2.28. The van der Waals surface area contributed by atoms with Crippen molar-refractivity contribution in [2.24, 2.45) is 4.99 Å². The van der Waals surface area contributed by atoms with E-state index in [4.69, 9.17) is 9.15 Å². The number of morpholine rings is 1. The van der Waals surface area contributed by atoms with Crippen LogP contribution in [0.4, 0.5) is 0 Å². The Labute approximate surface area is 144 Å². The summed E-state index contributed by atoms with van der Waals surface area (Å²) in [4.78, 5) is 11.4. The van der Waals surface area contributed by atoms with E-state index in [0.29, 0.717) is 12.4 Å². The van der Waals surface area contributed by atoms with Crippen LogP contribution >= 0.6 is 0 Å². The van der Waals surface area contributed by atoms with Gasteiger partial charge in [0, 0.05) is 31.7 Å². The second-order valence-electron chi connectivity index (χ2n) is 6.71. The van der Waals surface area contributed by atoms with Crippen LogP contribution in [0.3, 0.4) is 0 Å². The summed E-state index contributed by atoms with van der Waals surface area (Å²) in [5.74, 6) is 2.29. The molecule has 2 rings (SSSR count). The smallest absolute Gasteiger partial charge is 0.216 e. The Kier molecular flexibility index (Phi) is 6.62. The fraction of sp³-hybridized carbons (Fsp3) is 0.765. The number of hydrogen-bond acceptors (Lipinski definition) is 5. The van der Waals surface area contributed by atoms with E-state index in [2.05, 4.69) is 46.3 Å². The summed E-state index contributed by atoms with van der Waals surface area (Å²) in [6, 6.07) is 0. The molecule has 24 heavy (non-hydrogen) atoms. The lowest BCUT2D eigenvalue weighted by Crippen LogP contribution is -2.56. The van der Waals surface area contributed by atoms with Crippen molar-refractivity contribution in [3.63, 3.8) is 0 Å². The zero-order chi connectivity index (χ0) is 17.6. The van der Waals surface area contributed by atoms with E-state index >= 15 is 0 Å². The lowest BCUT2D eigenvalue weighted by Gasteiger charge is -2.41. The summed E-state index contributed by atoms with van der Waals surface area (Å²) in [6.45, 7) is 16.0. The number of guanidine groups is 1. The van der Waals surface area contributed by atoms with Crippen LogP contribution in [0, 0.1) is 13.8 Å². The zero-order valence-electron chi connectivity index (χ0n) is 15.6. The molecule has 1 saturated heterocycles. The number of ether oxygens (including phenoxy) is 1. The van der Waals surface area contributed by atoms with Crippen LogP contribution < -0.4 is 10.6 Å². The highest BCUT2D eigenvalue weighted by Crippen LogP contribution is 2.15. The lowest BCUT2D eigenvalue weighted by atomic mass is 10.0. The number of nitrogens with one attached hydrogen (secondary N) is 2. The first kappa shape index (κ1) is 18.7. The molecule has 0 bridgehead atoms. The van der Waals surface area contributed by atoms with E-state index in [1.54, 1.807) is 0 Å². The molecule has 1 aromatic rings. The number of rotatable bonds is 6. The normalized spacial score (nSPS) is 17.1. The predicted octanol–water partition coefficient (Wildman–Crippen LogP) is 1.46. The Hall–Kier alpha value is -1.60. The van der Waals surface area contributed by atoms with Gasteiger partial charge >= 0.3 is 0 Å². The highest BCUT2D eigenvalue weighted by molar-refractivity contribution is 5.79. The average Bonchev–Trinajstić information content (AvgIpc) is 2.89. The largest absolute Gasteiger partial charge is 0.444 e. The standard InChI is InChI=1S/C17H31N5O2/c1-6-18-16(19-11-15-21-13(2)14(3)24-15)20-12-17(4,5)22-7-9-23-10-8-22/h6-12H2,1-5H3,(H2,18,19,20). The van der Waals surface area contributed by atoms with Gasteiger partial charge in [0.05, 0.1) is 18.9 Å². The van der Waals surface area contributed by atoms with Crippen LogP contribution in [0.2, 0.25) is 0 Å². The van der Waals surface area contributed by atoms with Gasteiger partial charge in [-0.3, -0.25) is 4.90 Å². The number of oxazole rings is 1.